The molecule has 0 spiro atoms. The maximum Gasteiger partial charge on any atom is 0.508 e. The lowest BCUT2D eigenvalue weighted by atomic mass is 9.73. The van der Waals surface area contributed by atoms with Gasteiger partial charge in [0, 0.05) is 6.61 Å². The molecule has 1 saturated carbocycles. The Morgan fingerprint density at radius 1 is 1.00 bits per heavy atom. The van der Waals surface area contributed by atoms with Crippen LogP contribution in [0.25, 0.3) is 0 Å². The molecule has 45 heavy (non-hydrogen) atoms. The van der Waals surface area contributed by atoms with Gasteiger partial charge in [-0.3, -0.25) is 0 Å². The zero-order chi connectivity index (χ0) is 31.4. The Kier molecular flexibility index (Phi) is 12.6. The summed E-state index contributed by atoms with van der Waals surface area (Å²) in [7, 11) is 1.37. The molecular weight excluding hydrogens is 572 g/mol. The van der Waals surface area contributed by atoms with Crippen LogP contribution in [-0.4, -0.2) is 50.9 Å². The fraction of sp³-hybridized carbons (Fsp3) is 0.622. The fourth-order valence-electron chi connectivity index (χ4n) is 7.45. The predicted molar refractivity (Wildman–Crippen MR) is 170 cm³/mol. The van der Waals surface area contributed by atoms with Gasteiger partial charge in [-0.15, -0.1) is 0 Å². The van der Waals surface area contributed by atoms with Crippen molar-refractivity contribution in [2.75, 3.05) is 20.3 Å². The van der Waals surface area contributed by atoms with E-state index in [0.717, 1.165) is 87.7 Å². The lowest BCUT2D eigenvalue weighted by molar-refractivity contribution is -0.191. The number of rotatable bonds is 15. The first-order valence-corrected chi connectivity index (χ1v) is 17.0. The SMILES string of the molecule is CCCCC[C@@H](CC[C@@H]1[C@H]2Cc3cccc(OCC(=O)OCc4ccccc4)c3C[C@H]2C[C@H]1OC(=O)OC)OC1CCCCO1. The first-order chi connectivity index (χ1) is 22.0. The van der Waals surface area contributed by atoms with Gasteiger partial charge in [0.05, 0.1) is 13.2 Å². The molecule has 2 aromatic rings. The lowest BCUT2D eigenvalue weighted by Crippen LogP contribution is -2.32. The molecule has 8 nitrogen and oxygen atoms in total. The number of benzene rings is 2. The molecule has 1 aliphatic heterocycles. The molecule has 0 N–H and O–H groups in total. The lowest BCUT2D eigenvalue weighted by Gasteiger charge is -2.33. The Hall–Kier alpha value is -3.10. The van der Waals surface area contributed by atoms with Crippen LogP contribution in [0.15, 0.2) is 48.5 Å². The van der Waals surface area contributed by atoms with Crippen molar-refractivity contribution >= 4 is 12.1 Å². The highest BCUT2D eigenvalue weighted by molar-refractivity contribution is 5.71. The summed E-state index contributed by atoms with van der Waals surface area (Å²) in [6.45, 7) is 3.08. The van der Waals surface area contributed by atoms with Crippen molar-refractivity contribution in [1.82, 2.24) is 0 Å². The number of hydrogen-bond donors (Lipinski definition) is 0. The van der Waals surface area contributed by atoms with E-state index in [1.54, 1.807) is 0 Å². The number of esters is 1. The maximum atomic E-state index is 12.5. The summed E-state index contributed by atoms with van der Waals surface area (Å²) < 4.78 is 34.7. The molecule has 0 radical (unpaired) electrons. The molecule has 5 rings (SSSR count). The van der Waals surface area contributed by atoms with Crippen molar-refractivity contribution in [2.45, 2.75) is 109 Å². The van der Waals surface area contributed by atoms with Gasteiger partial charge < -0.3 is 28.4 Å². The molecule has 1 saturated heterocycles. The van der Waals surface area contributed by atoms with Gasteiger partial charge in [0.1, 0.15) is 18.5 Å². The van der Waals surface area contributed by atoms with Crippen LogP contribution in [0.5, 0.6) is 5.75 Å². The molecule has 2 aromatic carbocycles. The minimum absolute atomic E-state index is 0.112. The van der Waals surface area contributed by atoms with Crippen LogP contribution in [0, 0.1) is 17.8 Å². The van der Waals surface area contributed by atoms with E-state index in [2.05, 4.69) is 13.0 Å². The van der Waals surface area contributed by atoms with Crippen molar-refractivity contribution in [1.29, 1.82) is 0 Å². The number of methoxy groups -OCH3 is 1. The minimum atomic E-state index is -0.620. The molecule has 1 heterocycles. The molecule has 0 amide bonds. The van der Waals surface area contributed by atoms with Gasteiger partial charge in [0.15, 0.2) is 12.9 Å². The first kappa shape index (κ1) is 33.3. The van der Waals surface area contributed by atoms with Crippen molar-refractivity contribution in [3.63, 3.8) is 0 Å². The van der Waals surface area contributed by atoms with Crippen LogP contribution in [0.2, 0.25) is 0 Å². The Labute approximate surface area is 268 Å². The van der Waals surface area contributed by atoms with Crippen molar-refractivity contribution in [3.05, 3.63) is 65.2 Å². The van der Waals surface area contributed by atoms with Gasteiger partial charge >= 0.3 is 12.1 Å². The average Bonchev–Trinajstić information content (AvgIpc) is 3.40. The molecule has 8 heteroatoms. The highest BCUT2D eigenvalue weighted by atomic mass is 16.7. The van der Waals surface area contributed by atoms with E-state index in [1.807, 2.05) is 42.5 Å². The topological polar surface area (TPSA) is 89.5 Å². The summed E-state index contributed by atoms with van der Waals surface area (Å²) in [5.41, 5.74) is 3.32. The monoisotopic (exact) mass is 622 g/mol. The molecule has 2 aliphatic carbocycles. The third-order valence-electron chi connectivity index (χ3n) is 9.76. The first-order valence-electron chi connectivity index (χ1n) is 17.0. The zero-order valence-electron chi connectivity index (χ0n) is 27.0. The fourth-order valence-corrected chi connectivity index (χ4v) is 7.45. The molecule has 246 valence electrons. The van der Waals surface area contributed by atoms with E-state index in [4.69, 9.17) is 28.4 Å². The quantitative estimate of drug-likeness (QED) is 0.148. The number of carbonyl (C=O) groups excluding carboxylic acids is 2. The van der Waals surface area contributed by atoms with E-state index >= 15 is 0 Å². The summed E-state index contributed by atoms with van der Waals surface area (Å²) >= 11 is 0. The van der Waals surface area contributed by atoms with Gasteiger partial charge in [-0.1, -0.05) is 68.7 Å². The van der Waals surface area contributed by atoms with E-state index in [-0.39, 0.29) is 37.6 Å². The third-order valence-corrected chi connectivity index (χ3v) is 9.76. The zero-order valence-corrected chi connectivity index (χ0v) is 27.0. The molecule has 3 aliphatic rings. The van der Waals surface area contributed by atoms with Gasteiger partial charge in [-0.25, -0.2) is 9.59 Å². The molecule has 6 atom stereocenters. The number of unbranched alkanes of at least 4 members (excludes halogenated alkanes) is 2. The Balaban J connectivity index is 1.23. The highest BCUT2D eigenvalue weighted by Crippen LogP contribution is 2.49. The molecule has 2 fully saturated rings. The van der Waals surface area contributed by atoms with Crippen molar-refractivity contribution in [3.8, 4) is 5.75 Å². The molecule has 1 unspecified atom stereocenters. The molecular formula is C37H50O8. The van der Waals surface area contributed by atoms with Crippen LogP contribution in [-0.2, 0) is 47.9 Å². The van der Waals surface area contributed by atoms with Crippen LogP contribution in [0.3, 0.4) is 0 Å². The van der Waals surface area contributed by atoms with Gasteiger partial charge in [-0.05, 0) is 98.3 Å². The van der Waals surface area contributed by atoms with Gasteiger partial charge in [0.25, 0.3) is 0 Å². The second kappa shape index (κ2) is 17.0. The normalized spacial score (nSPS) is 24.6. The molecule has 0 bridgehead atoms. The van der Waals surface area contributed by atoms with Crippen LogP contribution in [0.1, 0.15) is 87.8 Å². The Morgan fingerprint density at radius 2 is 1.87 bits per heavy atom. The number of ether oxygens (including phenoxy) is 6. The van der Waals surface area contributed by atoms with E-state index in [9.17, 15) is 9.59 Å². The predicted octanol–water partition coefficient (Wildman–Crippen LogP) is 7.58. The minimum Gasteiger partial charge on any atom is -0.482 e. The van der Waals surface area contributed by atoms with Crippen molar-refractivity contribution < 1.29 is 38.0 Å². The summed E-state index contributed by atoms with van der Waals surface area (Å²) in [6, 6.07) is 15.7. The van der Waals surface area contributed by atoms with Crippen LogP contribution in [0.4, 0.5) is 4.79 Å². The standard InChI is InChI=1S/C37H50O8/c1-3-4-6-15-29(44-36-17-9-10-20-41-36)18-19-30-31-21-27-14-11-16-33(32(27)22-28(31)23-34(30)45-37(39)40-2)42-25-35(38)43-24-26-12-7-5-8-13-26/h5,7-8,11-14,16,28-31,34,36H,3-4,6,9-10,15,17-25H2,1-2H3/t28-,29-,30+,31-,34+,36?/m0/s1. The second-order valence-corrected chi connectivity index (χ2v) is 12.8. The summed E-state index contributed by atoms with van der Waals surface area (Å²) in [5, 5.41) is 0. The highest BCUT2D eigenvalue weighted by Gasteiger charge is 2.47. The van der Waals surface area contributed by atoms with E-state index in [1.165, 1.54) is 25.5 Å². The van der Waals surface area contributed by atoms with Gasteiger partial charge in [-0.2, -0.15) is 0 Å². The average molecular weight is 623 g/mol. The third kappa shape index (κ3) is 9.46. The second-order valence-electron chi connectivity index (χ2n) is 12.8. The van der Waals surface area contributed by atoms with E-state index in [0.29, 0.717) is 11.8 Å². The number of hydrogen-bond acceptors (Lipinski definition) is 8. The number of carbonyl (C=O) groups is 2. The van der Waals surface area contributed by atoms with E-state index < -0.39 is 12.1 Å². The summed E-state index contributed by atoms with van der Waals surface area (Å²) in [6.07, 6.45) is 11.3. The Bertz CT molecular complexity index is 1210. The smallest absolute Gasteiger partial charge is 0.482 e. The summed E-state index contributed by atoms with van der Waals surface area (Å²) in [4.78, 5) is 24.8. The van der Waals surface area contributed by atoms with Gasteiger partial charge in [0.2, 0.25) is 0 Å². The number of fused-ring (bicyclic) bond motifs is 2. The molecule has 0 aromatic heterocycles. The van der Waals surface area contributed by atoms with Crippen LogP contribution >= 0.6 is 0 Å². The summed E-state index contributed by atoms with van der Waals surface area (Å²) in [5.74, 6) is 1.26. The van der Waals surface area contributed by atoms with Crippen LogP contribution < -0.4 is 4.74 Å². The Morgan fingerprint density at radius 3 is 2.64 bits per heavy atom. The maximum absolute atomic E-state index is 12.5. The van der Waals surface area contributed by atoms with Crippen molar-refractivity contribution in [2.24, 2.45) is 17.8 Å². The largest absolute Gasteiger partial charge is 0.508 e.